The second kappa shape index (κ2) is 5.43. The Kier molecular flexibility index (Phi) is 3.70. The Balaban J connectivity index is 1.97. The lowest BCUT2D eigenvalue weighted by atomic mass is 10.1. The fourth-order valence-corrected chi connectivity index (χ4v) is 1.65. The van der Waals surface area contributed by atoms with E-state index in [9.17, 15) is 0 Å². The Morgan fingerprint density at radius 2 is 1.88 bits per heavy atom. The van der Waals surface area contributed by atoms with E-state index < -0.39 is 0 Å². The normalized spacial score (nSPS) is 10.2. The molecule has 0 atom stereocenters. The molecule has 0 saturated carbocycles. The molecule has 2 rings (SSSR count). The minimum Gasteiger partial charge on any atom is -0.379 e. The van der Waals surface area contributed by atoms with E-state index in [1.165, 1.54) is 5.56 Å². The molecule has 0 radical (unpaired) electrons. The second-order valence-electron chi connectivity index (χ2n) is 4.00. The first kappa shape index (κ1) is 11.6. The molecule has 3 heteroatoms. The van der Waals surface area contributed by atoms with Crippen LogP contribution in [0.4, 0.5) is 5.69 Å². The van der Waals surface area contributed by atoms with Gasteiger partial charge in [0.1, 0.15) is 5.82 Å². The Hall–Kier alpha value is -1.90. The number of aromatic nitrogens is 2. The highest BCUT2D eigenvalue weighted by Crippen LogP contribution is 2.10. The third-order valence-corrected chi connectivity index (χ3v) is 2.67. The van der Waals surface area contributed by atoms with Gasteiger partial charge in [-0.25, -0.2) is 9.97 Å². The minimum atomic E-state index is 0.731. The number of anilines is 1. The van der Waals surface area contributed by atoms with Crippen molar-refractivity contribution in [2.24, 2.45) is 0 Å². The van der Waals surface area contributed by atoms with Crippen molar-refractivity contribution in [3.63, 3.8) is 0 Å². The van der Waals surface area contributed by atoms with Crippen molar-refractivity contribution >= 4 is 5.69 Å². The van der Waals surface area contributed by atoms with Crippen LogP contribution in [-0.4, -0.2) is 9.97 Å². The molecule has 88 valence electrons. The second-order valence-corrected chi connectivity index (χ2v) is 4.00. The van der Waals surface area contributed by atoms with Crippen LogP contribution in [0.3, 0.4) is 0 Å². The van der Waals surface area contributed by atoms with Crippen LogP contribution in [0.1, 0.15) is 24.0 Å². The number of hydrogen-bond acceptors (Lipinski definition) is 3. The first-order valence-electron chi connectivity index (χ1n) is 5.89. The molecule has 2 aromatic rings. The summed E-state index contributed by atoms with van der Waals surface area (Å²) in [5, 5.41) is 3.35. The Bertz CT molecular complexity index is 477. The number of rotatable bonds is 4. The van der Waals surface area contributed by atoms with Gasteiger partial charge in [-0.05, 0) is 37.1 Å². The third-order valence-electron chi connectivity index (χ3n) is 2.67. The molecule has 1 aromatic heterocycles. The largest absolute Gasteiger partial charge is 0.379 e. The molecule has 0 bridgehead atoms. The summed E-state index contributed by atoms with van der Waals surface area (Å²) in [5.74, 6) is 0.811. The van der Waals surface area contributed by atoms with Crippen LogP contribution in [0.2, 0.25) is 0 Å². The zero-order valence-corrected chi connectivity index (χ0v) is 10.3. The van der Waals surface area contributed by atoms with Crippen molar-refractivity contribution in [3.05, 3.63) is 53.6 Å². The SMILES string of the molecule is CCc1ccc(NCc2ccnc(C)n2)cc1. The smallest absolute Gasteiger partial charge is 0.125 e. The molecular formula is C14H17N3. The van der Waals surface area contributed by atoms with E-state index in [1.807, 2.05) is 13.0 Å². The molecule has 1 aromatic carbocycles. The number of nitrogens with zero attached hydrogens (tertiary/aromatic N) is 2. The van der Waals surface area contributed by atoms with Crippen LogP contribution < -0.4 is 5.32 Å². The summed E-state index contributed by atoms with van der Waals surface area (Å²) < 4.78 is 0. The van der Waals surface area contributed by atoms with Gasteiger partial charge in [0.2, 0.25) is 0 Å². The highest BCUT2D eigenvalue weighted by molar-refractivity contribution is 5.44. The van der Waals surface area contributed by atoms with E-state index in [0.29, 0.717) is 0 Å². The van der Waals surface area contributed by atoms with Crippen LogP contribution in [-0.2, 0) is 13.0 Å². The molecule has 0 aliphatic carbocycles. The van der Waals surface area contributed by atoms with Crippen LogP contribution in [0.15, 0.2) is 36.5 Å². The van der Waals surface area contributed by atoms with Crippen molar-refractivity contribution in [1.29, 1.82) is 0 Å². The first-order chi connectivity index (χ1) is 8.28. The van der Waals surface area contributed by atoms with Crippen molar-refractivity contribution in [1.82, 2.24) is 9.97 Å². The lowest BCUT2D eigenvalue weighted by Crippen LogP contribution is -2.03. The lowest BCUT2D eigenvalue weighted by Gasteiger charge is -2.06. The summed E-state index contributed by atoms with van der Waals surface area (Å²) in [6.45, 7) is 4.79. The van der Waals surface area contributed by atoms with Gasteiger partial charge in [-0.15, -0.1) is 0 Å². The van der Waals surface area contributed by atoms with Gasteiger partial charge >= 0.3 is 0 Å². The maximum atomic E-state index is 4.35. The molecule has 0 aliphatic rings. The monoisotopic (exact) mass is 227 g/mol. The number of nitrogens with one attached hydrogen (secondary N) is 1. The third kappa shape index (κ3) is 3.28. The minimum absolute atomic E-state index is 0.731. The van der Waals surface area contributed by atoms with Crippen molar-refractivity contribution in [2.45, 2.75) is 26.8 Å². The molecule has 17 heavy (non-hydrogen) atoms. The predicted octanol–water partition coefficient (Wildman–Crippen LogP) is 2.96. The van der Waals surface area contributed by atoms with E-state index in [2.05, 4.69) is 46.5 Å². The summed E-state index contributed by atoms with van der Waals surface area (Å²) in [7, 11) is 0. The van der Waals surface area contributed by atoms with Gasteiger partial charge in [0, 0.05) is 11.9 Å². The maximum Gasteiger partial charge on any atom is 0.125 e. The molecule has 0 fully saturated rings. The number of aryl methyl sites for hydroxylation is 2. The molecule has 3 nitrogen and oxygen atoms in total. The van der Waals surface area contributed by atoms with Gasteiger partial charge in [0.05, 0.1) is 12.2 Å². The van der Waals surface area contributed by atoms with Gasteiger partial charge in [-0.2, -0.15) is 0 Å². The van der Waals surface area contributed by atoms with Crippen LogP contribution >= 0.6 is 0 Å². The van der Waals surface area contributed by atoms with Crippen molar-refractivity contribution in [3.8, 4) is 0 Å². The maximum absolute atomic E-state index is 4.35. The number of hydrogen-bond donors (Lipinski definition) is 1. The lowest BCUT2D eigenvalue weighted by molar-refractivity contribution is 0.955. The van der Waals surface area contributed by atoms with Gasteiger partial charge in [0.25, 0.3) is 0 Å². The summed E-state index contributed by atoms with van der Waals surface area (Å²) in [6.07, 6.45) is 2.87. The predicted molar refractivity (Wildman–Crippen MR) is 69.9 cm³/mol. The van der Waals surface area contributed by atoms with E-state index in [4.69, 9.17) is 0 Å². The van der Waals surface area contributed by atoms with Crippen LogP contribution in [0.5, 0.6) is 0 Å². The molecule has 0 aliphatic heterocycles. The summed E-state index contributed by atoms with van der Waals surface area (Å²) in [5.41, 5.74) is 3.49. The van der Waals surface area contributed by atoms with Crippen molar-refractivity contribution in [2.75, 3.05) is 5.32 Å². The molecular weight excluding hydrogens is 210 g/mol. The van der Waals surface area contributed by atoms with E-state index >= 15 is 0 Å². The van der Waals surface area contributed by atoms with E-state index in [1.54, 1.807) is 6.20 Å². The first-order valence-corrected chi connectivity index (χ1v) is 5.89. The van der Waals surface area contributed by atoms with Gasteiger partial charge in [-0.1, -0.05) is 19.1 Å². The van der Waals surface area contributed by atoms with E-state index in [0.717, 1.165) is 30.2 Å². The Morgan fingerprint density at radius 1 is 1.12 bits per heavy atom. The average molecular weight is 227 g/mol. The van der Waals surface area contributed by atoms with Crippen molar-refractivity contribution < 1.29 is 0 Å². The average Bonchev–Trinajstić information content (AvgIpc) is 2.37. The highest BCUT2D eigenvalue weighted by Gasteiger charge is 1.96. The fourth-order valence-electron chi connectivity index (χ4n) is 1.65. The highest BCUT2D eigenvalue weighted by atomic mass is 14.9. The quantitative estimate of drug-likeness (QED) is 0.872. The van der Waals surface area contributed by atoms with Gasteiger partial charge < -0.3 is 5.32 Å². The van der Waals surface area contributed by atoms with Crippen LogP contribution in [0, 0.1) is 6.92 Å². The summed E-state index contributed by atoms with van der Waals surface area (Å²) in [6, 6.07) is 10.4. The summed E-state index contributed by atoms with van der Waals surface area (Å²) in [4.78, 5) is 8.43. The Labute approximate surface area is 102 Å². The molecule has 1 heterocycles. The zero-order chi connectivity index (χ0) is 12.1. The summed E-state index contributed by atoms with van der Waals surface area (Å²) >= 11 is 0. The molecule has 0 saturated heterocycles. The fraction of sp³-hybridized carbons (Fsp3) is 0.286. The number of benzene rings is 1. The molecule has 0 spiro atoms. The van der Waals surface area contributed by atoms with Gasteiger partial charge in [-0.3, -0.25) is 0 Å². The van der Waals surface area contributed by atoms with E-state index in [-0.39, 0.29) is 0 Å². The standard InChI is InChI=1S/C14H17N3/c1-3-12-4-6-13(7-5-12)16-10-14-8-9-15-11(2)17-14/h4-9,16H,3,10H2,1-2H3. The molecule has 1 N–H and O–H groups in total. The van der Waals surface area contributed by atoms with Crippen LogP contribution in [0.25, 0.3) is 0 Å². The molecule has 0 unspecified atom stereocenters. The van der Waals surface area contributed by atoms with Gasteiger partial charge in [0.15, 0.2) is 0 Å². The topological polar surface area (TPSA) is 37.8 Å². The Morgan fingerprint density at radius 3 is 2.53 bits per heavy atom. The molecule has 0 amide bonds. The zero-order valence-electron chi connectivity index (χ0n) is 10.3.